The molecule has 2 aliphatic rings. The number of rotatable bonds is 14. The molecule has 3 rings (SSSR count). The number of carbonyl (C=O) groups excluding carboxylic acids is 3. The van der Waals surface area contributed by atoms with E-state index in [9.17, 15) is 24.6 Å². The maximum Gasteiger partial charge on any atom is 0.243 e. The molecule has 3 amide bonds. The molecule has 40 heavy (non-hydrogen) atoms. The van der Waals surface area contributed by atoms with Gasteiger partial charge in [-0.05, 0) is 55.7 Å². The van der Waals surface area contributed by atoms with Crippen molar-refractivity contribution in [2.45, 2.75) is 96.9 Å². The zero-order chi connectivity index (χ0) is 29.3. The van der Waals surface area contributed by atoms with Crippen LogP contribution >= 0.6 is 0 Å². The number of carbonyl (C=O) groups is 3. The minimum absolute atomic E-state index is 0.00619. The predicted octanol–water partition coefficient (Wildman–Crippen LogP) is 1.94. The monoisotopic (exact) mass is 556 g/mol. The standard InChI is InChI=1S/C31H48N4O5/c1-5-14-31(3,4)30(40)35-15-8-11-27(35)29(39)34-26(28(38)33-20-25(37)19-32-18-21(2)36)17-22-12-13-23-9-6-7-10-24(23)16-22/h6,9,12-13,16,21,25-27,32,36-37H,5,7-8,10-11,14-15,17-20H2,1-4H3,(H,33,38)(H,34,39)/t21-,25?,26-,27?/m1/s1. The first-order valence-corrected chi connectivity index (χ1v) is 14.8. The first-order valence-electron chi connectivity index (χ1n) is 14.8. The van der Waals surface area contributed by atoms with E-state index < -0.39 is 29.7 Å². The SMILES string of the molecule is CCCC(C)(C)C(=O)N1CCCC1C(=O)N[C@H](Cc1ccc2c(c1)CCC=C2)C(=O)NCC(O)CNC[C@@H](C)O. The van der Waals surface area contributed by atoms with Crippen molar-refractivity contribution in [3.05, 3.63) is 41.0 Å². The van der Waals surface area contributed by atoms with Gasteiger partial charge in [0.25, 0.3) is 0 Å². The second-order valence-electron chi connectivity index (χ2n) is 11.9. The van der Waals surface area contributed by atoms with E-state index in [4.69, 9.17) is 0 Å². The number of likely N-dealkylation sites (tertiary alicyclic amines) is 1. The van der Waals surface area contributed by atoms with Crippen LogP contribution in [0.5, 0.6) is 0 Å². The highest BCUT2D eigenvalue weighted by Crippen LogP contribution is 2.30. The average Bonchev–Trinajstić information content (AvgIpc) is 3.40. The number of nitrogens with one attached hydrogen (secondary N) is 3. The summed E-state index contributed by atoms with van der Waals surface area (Å²) in [4.78, 5) is 41.9. The van der Waals surface area contributed by atoms with Gasteiger partial charge in [-0.3, -0.25) is 14.4 Å². The maximum absolute atomic E-state index is 13.5. The highest BCUT2D eigenvalue weighted by atomic mass is 16.3. The van der Waals surface area contributed by atoms with Crippen LogP contribution in [0.2, 0.25) is 0 Å². The van der Waals surface area contributed by atoms with Crippen LogP contribution < -0.4 is 16.0 Å². The fraction of sp³-hybridized carbons (Fsp3) is 0.645. The Hall–Kier alpha value is -2.75. The maximum atomic E-state index is 13.5. The Morgan fingerprint density at radius 3 is 2.65 bits per heavy atom. The number of nitrogens with zero attached hydrogens (tertiary/aromatic N) is 1. The lowest BCUT2D eigenvalue weighted by atomic mass is 9.86. The van der Waals surface area contributed by atoms with Crippen LogP contribution in [0.25, 0.3) is 6.08 Å². The molecule has 0 spiro atoms. The number of hydrogen-bond acceptors (Lipinski definition) is 6. The minimum atomic E-state index is -0.858. The summed E-state index contributed by atoms with van der Waals surface area (Å²) in [6.07, 6.45) is 7.99. The quantitative estimate of drug-likeness (QED) is 0.238. The molecule has 0 saturated carbocycles. The van der Waals surface area contributed by atoms with Gasteiger partial charge in [0, 0.05) is 38.0 Å². The molecule has 1 aromatic carbocycles. The molecule has 0 aromatic heterocycles. The van der Waals surface area contributed by atoms with Gasteiger partial charge in [-0.25, -0.2) is 0 Å². The van der Waals surface area contributed by atoms with Gasteiger partial charge < -0.3 is 31.1 Å². The molecular weight excluding hydrogens is 508 g/mol. The lowest BCUT2D eigenvalue weighted by Crippen LogP contribution is -2.56. The van der Waals surface area contributed by atoms with Crippen LogP contribution in [0.4, 0.5) is 0 Å². The lowest BCUT2D eigenvalue weighted by Gasteiger charge is -2.33. The number of aryl methyl sites for hydroxylation is 1. The summed E-state index contributed by atoms with van der Waals surface area (Å²) in [6, 6.07) is 4.65. The summed E-state index contributed by atoms with van der Waals surface area (Å²) in [5, 5.41) is 28.3. The van der Waals surface area contributed by atoms with Gasteiger partial charge in [-0.2, -0.15) is 0 Å². The van der Waals surface area contributed by atoms with E-state index in [1.165, 1.54) is 11.1 Å². The van der Waals surface area contributed by atoms with Crippen molar-refractivity contribution in [2.75, 3.05) is 26.2 Å². The smallest absolute Gasteiger partial charge is 0.243 e. The summed E-state index contributed by atoms with van der Waals surface area (Å²) in [7, 11) is 0. The molecule has 9 nitrogen and oxygen atoms in total. The predicted molar refractivity (Wildman–Crippen MR) is 156 cm³/mol. The van der Waals surface area contributed by atoms with Gasteiger partial charge in [-0.15, -0.1) is 0 Å². The zero-order valence-corrected chi connectivity index (χ0v) is 24.5. The second kappa shape index (κ2) is 14.8. The van der Waals surface area contributed by atoms with E-state index in [1.807, 2.05) is 32.9 Å². The van der Waals surface area contributed by atoms with Crippen molar-refractivity contribution >= 4 is 23.8 Å². The minimum Gasteiger partial charge on any atom is -0.392 e. The van der Waals surface area contributed by atoms with E-state index in [2.05, 4.69) is 34.2 Å². The third-order valence-corrected chi connectivity index (χ3v) is 7.76. The number of benzene rings is 1. The summed E-state index contributed by atoms with van der Waals surface area (Å²) >= 11 is 0. The lowest BCUT2D eigenvalue weighted by molar-refractivity contribution is -0.146. The Kier molecular flexibility index (Phi) is 11.7. The van der Waals surface area contributed by atoms with Crippen LogP contribution in [0.1, 0.15) is 76.5 Å². The topological polar surface area (TPSA) is 131 Å². The molecule has 9 heteroatoms. The van der Waals surface area contributed by atoms with Gasteiger partial charge >= 0.3 is 0 Å². The molecule has 1 aromatic rings. The van der Waals surface area contributed by atoms with Crippen LogP contribution in [-0.2, 0) is 27.2 Å². The first-order chi connectivity index (χ1) is 19.0. The van der Waals surface area contributed by atoms with Crippen LogP contribution in [-0.4, -0.2) is 83.3 Å². The van der Waals surface area contributed by atoms with Gasteiger partial charge in [0.1, 0.15) is 12.1 Å². The summed E-state index contributed by atoms with van der Waals surface area (Å²) in [5.41, 5.74) is 2.78. The van der Waals surface area contributed by atoms with Crippen molar-refractivity contribution in [3.63, 3.8) is 0 Å². The Labute approximate surface area is 238 Å². The normalized spacial score (nSPS) is 19.1. The third-order valence-electron chi connectivity index (χ3n) is 7.76. The Morgan fingerprint density at radius 1 is 1.15 bits per heavy atom. The van der Waals surface area contributed by atoms with Crippen LogP contribution in [0, 0.1) is 5.41 Å². The molecular formula is C31H48N4O5. The fourth-order valence-electron chi connectivity index (χ4n) is 5.60. The molecule has 222 valence electrons. The van der Waals surface area contributed by atoms with E-state index in [0.717, 1.165) is 37.7 Å². The first kappa shape index (κ1) is 31.8. The molecule has 1 saturated heterocycles. The van der Waals surface area contributed by atoms with E-state index in [-0.39, 0.29) is 30.8 Å². The summed E-state index contributed by atoms with van der Waals surface area (Å²) in [6.45, 7) is 8.64. The van der Waals surface area contributed by atoms with Crippen LogP contribution in [0.15, 0.2) is 24.3 Å². The highest BCUT2D eigenvalue weighted by molar-refractivity contribution is 5.93. The molecule has 1 fully saturated rings. The Morgan fingerprint density at radius 2 is 1.93 bits per heavy atom. The number of aliphatic hydroxyl groups is 2. The Bertz CT molecular complexity index is 1050. The summed E-state index contributed by atoms with van der Waals surface area (Å²) < 4.78 is 0. The van der Waals surface area contributed by atoms with Crippen molar-refractivity contribution < 1.29 is 24.6 Å². The second-order valence-corrected chi connectivity index (χ2v) is 11.9. The third kappa shape index (κ3) is 8.88. The van der Waals surface area contributed by atoms with Crippen molar-refractivity contribution in [3.8, 4) is 0 Å². The highest BCUT2D eigenvalue weighted by Gasteiger charge is 2.41. The van der Waals surface area contributed by atoms with Gasteiger partial charge in [0.05, 0.1) is 12.2 Å². The number of fused-ring (bicyclic) bond motifs is 1. The summed E-state index contributed by atoms with van der Waals surface area (Å²) in [5.74, 6) is -0.732. The van der Waals surface area contributed by atoms with E-state index in [1.54, 1.807) is 11.8 Å². The largest absolute Gasteiger partial charge is 0.392 e. The van der Waals surface area contributed by atoms with E-state index >= 15 is 0 Å². The molecule has 1 aliphatic carbocycles. The van der Waals surface area contributed by atoms with Gasteiger partial charge in [0.2, 0.25) is 17.7 Å². The average molecular weight is 557 g/mol. The molecule has 4 atom stereocenters. The Balaban J connectivity index is 1.72. The van der Waals surface area contributed by atoms with Gasteiger partial charge in [0.15, 0.2) is 0 Å². The molecule has 0 radical (unpaired) electrons. The van der Waals surface area contributed by atoms with Crippen molar-refractivity contribution in [1.29, 1.82) is 0 Å². The fourth-order valence-corrected chi connectivity index (χ4v) is 5.60. The molecule has 1 aliphatic heterocycles. The number of hydrogen-bond donors (Lipinski definition) is 5. The van der Waals surface area contributed by atoms with Crippen molar-refractivity contribution in [1.82, 2.24) is 20.9 Å². The van der Waals surface area contributed by atoms with Gasteiger partial charge in [-0.1, -0.05) is 57.5 Å². The molecule has 0 bridgehead atoms. The van der Waals surface area contributed by atoms with E-state index in [0.29, 0.717) is 25.9 Å². The van der Waals surface area contributed by atoms with Crippen LogP contribution in [0.3, 0.4) is 0 Å². The number of aliphatic hydroxyl groups excluding tert-OH is 2. The molecule has 5 N–H and O–H groups in total. The molecule has 1 heterocycles. The molecule has 2 unspecified atom stereocenters. The van der Waals surface area contributed by atoms with Crippen molar-refractivity contribution in [2.24, 2.45) is 5.41 Å². The number of allylic oxidation sites excluding steroid dienone is 1. The zero-order valence-electron chi connectivity index (χ0n) is 24.5. The number of amides is 3.